The van der Waals surface area contributed by atoms with Crippen LogP contribution in [0.3, 0.4) is 0 Å². The van der Waals surface area contributed by atoms with Gasteiger partial charge >= 0.3 is 6.09 Å². The smallest absolute Gasteiger partial charge is 0.410 e. The first kappa shape index (κ1) is 21.3. The maximum absolute atomic E-state index is 12.5. The third-order valence-electron chi connectivity index (χ3n) is 3.99. The van der Waals surface area contributed by atoms with Crippen molar-refractivity contribution in [3.05, 3.63) is 60.2 Å². The maximum Gasteiger partial charge on any atom is 0.410 e. The van der Waals surface area contributed by atoms with E-state index in [-0.39, 0.29) is 5.91 Å². The lowest BCUT2D eigenvalue weighted by molar-refractivity contribution is -0.120. The molecule has 0 aliphatic heterocycles. The molecule has 0 spiro atoms. The van der Waals surface area contributed by atoms with Crippen molar-refractivity contribution < 1.29 is 19.1 Å². The topological polar surface area (TPSA) is 67.9 Å². The van der Waals surface area contributed by atoms with E-state index in [1.165, 1.54) is 11.9 Å². The van der Waals surface area contributed by atoms with Crippen LogP contribution in [0.2, 0.25) is 0 Å². The van der Waals surface area contributed by atoms with Crippen LogP contribution in [0.1, 0.15) is 33.3 Å². The minimum absolute atomic E-state index is 0.312. The van der Waals surface area contributed by atoms with Gasteiger partial charge in [-0.2, -0.15) is 0 Å². The number of benzene rings is 2. The molecule has 0 aromatic heterocycles. The third-order valence-corrected chi connectivity index (χ3v) is 3.99. The zero-order chi connectivity index (χ0) is 20.7. The normalized spacial score (nSPS) is 12.0. The number of hydrogen-bond acceptors (Lipinski definition) is 4. The highest BCUT2D eigenvalue weighted by atomic mass is 16.6. The number of amides is 2. The van der Waals surface area contributed by atoms with E-state index in [2.05, 4.69) is 5.32 Å². The molecule has 2 aromatic rings. The van der Waals surface area contributed by atoms with Gasteiger partial charge in [-0.25, -0.2) is 4.79 Å². The molecule has 28 heavy (non-hydrogen) atoms. The fourth-order valence-corrected chi connectivity index (χ4v) is 2.32. The number of carbonyl (C=O) groups is 2. The lowest BCUT2D eigenvalue weighted by atomic mass is 10.2. The third kappa shape index (κ3) is 6.61. The molecule has 0 bridgehead atoms. The first-order valence-corrected chi connectivity index (χ1v) is 9.19. The highest BCUT2D eigenvalue weighted by Gasteiger charge is 2.27. The summed E-state index contributed by atoms with van der Waals surface area (Å²) in [5.74, 6) is 0.336. The Morgan fingerprint density at radius 1 is 1.07 bits per heavy atom. The molecule has 0 unspecified atom stereocenters. The van der Waals surface area contributed by atoms with Gasteiger partial charge < -0.3 is 14.8 Å². The van der Waals surface area contributed by atoms with Crippen molar-refractivity contribution in [1.29, 1.82) is 0 Å². The van der Waals surface area contributed by atoms with Gasteiger partial charge in [-0.3, -0.25) is 9.69 Å². The molecular formula is C22H28N2O4. The van der Waals surface area contributed by atoms with Crippen molar-refractivity contribution in [2.75, 3.05) is 12.4 Å². The van der Waals surface area contributed by atoms with E-state index in [0.29, 0.717) is 18.0 Å². The Labute approximate surface area is 166 Å². The summed E-state index contributed by atoms with van der Waals surface area (Å²) in [5, 5.41) is 2.81. The first-order chi connectivity index (χ1) is 13.2. The minimum Gasteiger partial charge on any atom is -0.489 e. The van der Waals surface area contributed by atoms with Crippen LogP contribution in [0.5, 0.6) is 5.75 Å². The summed E-state index contributed by atoms with van der Waals surface area (Å²) >= 11 is 0. The van der Waals surface area contributed by atoms with Crippen LogP contribution in [0.15, 0.2) is 54.6 Å². The summed E-state index contributed by atoms with van der Waals surface area (Å²) in [4.78, 5) is 25.9. The van der Waals surface area contributed by atoms with Crippen LogP contribution in [-0.4, -0.2) is 35.6 Å². The van der Waals surface area contributed by atoms with Crippen molar-refractivity contribution in [3.8, 4) is 5.75 Å². The van der Waals surface area contributed by atoms with Gasteiger partial charge in [-0.1, -0.05) is 36.4 Å². The van der Waals surface area contributed by atoms with Crippen molar-refractivity contribution in [3.63, 3.8) is 0 Å². The second kappa shape index (κ2) is 9.26. The molecule has 0 aliphatic rings. The quantitative estimate of drug-likeness (QED) is 0.798. The number of ether oxygens (including phenoxy) is 2. The van der Waals surface area contributed by atoms with Crippen LogP contribution in [0.25, 0.3) is 0 Å². The van der Waals surface area contributed by atoms with E-state index >= 15 is 0 Å². The molecule has 6 nitrogen and oxygen atoms in total. The molecule has 1 N–H and O–H groups in total. The second-order valence-electron chi connectivity index (χ2n) is 7.56. The molecular weight excluding hydrogens is 356 g/mol. The van der Waals surface area contributed by atoms with Gasteiger partial charge in [-0.05, 0) is 45.4 Å². The van der Waals surface area contributed by atoms with Gasteiger partial charge in [-0.15, -0.1) is 0 Å². The Hall–Kier alpha value is -3.02. The van der Waals surface area contributed by atoms with Gasteiger partial charge in [0.05, 0.1) is 0 Å². The molecule has 2 rings (SSSR count). The molecule has 150 valence electrons. The van der Waals surface area contributed by atoms with E-state index in [1.807, 2.05) is 36.4 Å². The number of nitrogens with one attached hydrogen (secondary N) is 1. The van der Waals surface area contributed by atoms with E-state index in [4.69, 9.17) is 9.47 Å². The van der Waals surface area contributed by atoms with Crippen LogP contribution < -0.4 is 10.1 Å². The molecule has 0 fully saturated rings. The summed E-state index contributed by atoms with van der Waals surface area (Å²) in [6.45, 7) is 7.43. The average molecular weight is 384 g/mol. The molecule has 2 amide bonds. The van der Waals surface area contributed by atoms with Gasteiger partial charge in [0, 0.05) is 18.8 Å². The van der Waals surface area contributed by atoms with E-state index in [1.54, 1.807) is 45.9 Å². The number of hydrogen-bond donors (Lipinski definition) is 1. The van der Waals surface area contributed by atoms with Crippen LogP contribution >= 0.6 is 0 Å². The number of nitrogens with zero attached hydrogens (tertiary/aromatic N) is 1. The van der Waals surface area contributed by atoms with Crippen LogP contribution in [-0.2, 0) is 16.1 Å². The molecule has 6 heteroatoms. The van der Waals surface area contributed by atoms with Crippen LogP contribution in [0.4, 0.5) is 10.5 Å². The highest BCUT2D eigenvalue weighted by Crippen LogP contribution is 2.19. The second-order valence-corrected chi connectivity index (χ2v) is 7.56. The molecule has 0 radical (unpaired) electrons. The Kier molecular flexibility index (Phi) is 7.04. The molecule has 0 heterocycles. The zero-order valence-electron chi connectivity index (χ0n) is 17.1. The monoisotopic (exact) mass is 384 g/mol. The molecule has 0 aliphatic carbocycles. The molecule has 2 aromatic carbocycles. The van der Waals surface area contributed by atoms with Crippen molar-refractivity contribution in [2.45, 2.75) is 45.9 Å². The number of likely N-dealkylation sites (N-methyl/N-ethyl adjacent to an activating group) is 1. The lowest BCUT2D eigenvalue weighted by Crippen LogP contribution is -2.45. The predicted octanol–water partition coefficient (Wildman–Crippen LogP) is 4.46. The van der Waals surface area contributed by atoms with E-state index in [9.17, 15) is 9.59 Å². The fourth-order valence-electron chi connectivity index (χ4n) is 2.32. The Morgan fingerprint density at radius 3 is 2.39 bits per heavy atom. The Morgan fingerprint density at radius 2 is 1.75 bits per heavy atom. The zero-order valence-corrected chi connectivity index (χ0v) is 17.1. The lowest BCUT2D eigenvalue weighted by Gasteiger charge is -2.28. The summed E-state index contributed by atoms with van der Waals surface area (Å²) in [6, 6.07) is 16.3. The van der Waals surface area contributed by atoms with Gasteiger partial charge in [0.1, 0.15) is 24.0 Å². The van der Waals surface area contributed by atoms with Crippen molar-refractivity contribution in [1.82, 2.24) is 4.90 Å². The standard InChI is InChI=1S/C22H28N2O4/c1-16(24(5)21(26)28-22(2,3)4)20(25)23-18-12-9-13-19(14-18)27-15-17-10-7-6-8-11-17/h6-14,16H,15H2,1-5H3,(H,23,25)/t16-/m0/s1. The number of anilines is 1. The van der Waals surface area contributed by atoms with Crippen LogP contribution in [0, 0.1) is 0 Å². The van der Waals surface area contributed by atoms with Gasteiger partial charge in [0.2, 0.25) is 5.91 Å². The Bertz CT molecular complexity index is 800. The predicted molar refractivity (Wildman–Crippen MR) is 109 cm³/mol. The summed E-state index contributed by atoms with van der Waals surface area (Å²) in [6.07, 6.45) is -0.546. The van der Waals surface area contributed by atoms with E-state index in [0.717, 1.165) is 5.56 Å². The van der Waals surface area contributed by atoms with Gasteiger partial charge in [0.25, 0.3) is 0 Å². The summed E-state index contributed by atoms with van der Waals surface area (Å²) in [5.41, 5.74) is 1.04. The van der Waals surface area contributed by atoms with E-state index < -0.39 is 17.7 Å². The summed E-state index contributed by atoms with van der Waals surface area (Å²) in [7, 11) is 1.54. The molecule has 0 saturated heterocycles. The fraction of sp³-hybridized carbons (Fsp3) is 0.364. The van der Waals surface area contributed by atoms with Crippen molar-refractivity contribution >= 4 is 17.7 Å². The molecule has 0 saturated carbocycles. The molecule has 1 atom stereocenters. The summed E-state index contributed by atoms with van der Waals surface area (Å²) < 4.78 is 11.1. The number of carbonyl (C=O) groups excluding carboxylic acids is 2. The first-order valence-electron chi connectivity index (χ1n) is 9.19. The SMILES string of the molecule is C[C@@H](C(=O)Nc1cccc(OCc2ccccc2)c1)N(C)C(=O)OC(C)(C)C. The van der Waals surface area contributed by atoms with Gasteiger partial charge in [0.15, 0.2) is 0 Å². The number of rotatable bonds is 6. The average Bonchev–Trinajstić information content (AvgIpc) is 2.65. The maximum atomic E-state index is 12.5. The van der Waals surface area contributed by atoms with Crippen molar-refractivity contribution in [2.24, 2.45) is 0 Å². The minimum atomic E-state index is -0.691. The highest BCUT2D eigenvalue weighted by molar-refractivity contribution is 5.96. The Balaban J connectivity index is 1.95. The largest absolute Gasteiger partial charge is 0.489 e.